The molecule has 174 valence electrons. The Hall–Kier alpha value is -3.19. The van der Waals surface area contributed by atoms with Crippen LogP contribution >= 0.6 is 0 Å². The van der Waals surface area contributed by atoms with Crippen molar-refractivity contribution < 1.29 is 14.3 Å². The fraction of sp³-hybridized carbons (Fsp3) is 0.423. The molecular formula is C26H32N4O3. The Labute approximate surface area is 194 Å². The van der Waals surface area contributed by atoms with Crippen molar-refractivity contribution in [3.8, 4) is 17.0 Å². The van der Waals surface area contributed by atoms with E-state index in [0.717, 1.165) is 58.9 Å². The van der Waals surface area contributed by atoms with Crippen molar-refractivity contribution in [3.05, 3.63) is 42.5 Å². The van der Waals surface area contributed by atoms with E-state index in [-0.39, 0.29) is 18.2 Å². The molecule has 1 aromatic heterocycles. The molecule has 2 heterocycles. The Kier molecular flexibility index (Phi) is 5.89. The minimum atomic E-state index is -0.208. The fourth-order valence-corrected chi connectivity index (χ4v) is 4.43. The van der Waals surface area contributed by atoms with Gasteiger partial charge in [0.15, 0.2) is 0 Å². The normalized spacial score (nSPS) is 18.1. The maximum absolute atomic E-state index is 12.0. The topological polar surface area (TPSA) is 90.5 Å². The molecule has 1 unspecified atom stereocenters. The van der Waals surface area contributed by atoms with Crippen LogP contribution in [0.4, 0.5) is 16.2 Å². The number of nitrogen functional groups attached to an aromatic ring is 1. The number of rotatable bonds is 7. The minimum Gasteiger partial charge on any atom is -0.488 e. The second kappa shape index (κ2) is 8.98. The summed E-state index contributed by atoms with van der Waals surface area (Å²) in [5, 5.41) is 6.76. The number of aromatic nitrogens is 1. The van der Waals surface area contributed by atoms with Crippen LogP contribution in [0.1, 0.15) is 33.1 Å². The molecule has 5 rings (SSSR count). The van der Waals surface area contributed by atoms with Crippen LogP contribution in [0.15, 0.2) is 42.5 Å². The number of hydrogen-bond donors (Lipinski definition) is 3. The first kappa shape index (κ1) is 21.6. The van der Waals surface area contributed by atoms with Gasteiger partial charge in [-0.1, -0.05) is 12.1 Å². The molecule has 0 bridgehead atoms. The van der Waals surface area contributed by atoms with E-state index in [1.165, 1.54) is 12.8 Å². The van der Waals surface area contributed by atoms with Crippen molar-refractivity contribution in [1.29, 1.82) is 0 Å². The summed E-state index contributed by atoms with van der Waals surface area (Å²) >= 11 is 0. The maximum Gasteiger partial charge on any atom is 0.319 e. The zero-order valence-corrected chi connectivity index (χ0v) is 19.3. The predicted octanol–water partition coefficient (Wildman–Crippen LogP) is 5.00. The number of urea groups is 1. The summed E-state index contributed by atoms with van der Waals surface area (Å²) in [4.78, 5) is 12.0. The van der Waals surface area contributed by atoms with E-state index < -0.39 is 0 Å². The summed E-state index contributed by atoms with van der Waals surface area (Å²) in [5.74, 6) is 1.54. The van der Waals surface area contributed by atoms with Gasteiger partial charge in [0, 0.05) is 41.7 Å². The molecule has 1 atom stereocenters. The number of amides is 2. The second-order valence-electron chi connectivity index (χ2n) is 9.43. The summed E-state index contributed by atoms with van der Waals surface area (Å²) in [6.07, 6.45) is 3.54. The Morgan fingerprint density at radius 3 is 2.64 bits per heavy atom. The molecule has 2 fully saturated rings. The van der Waals surface area contributed by atoms with Gasteiger partial charge in [0.05, 0.1) is 30.1 Å². The second-order valence-corrected chi connectivity index (χ2v) is 9.43. The molecule has 7 heteroatoms. The first-order chi connectivity index (χ1) is 16.0. The molecule has 2 aliphatic rings. The fourth-order valence-electron chi connectivity index (χ4n) is 4.43. The first-order valence-corrected chi connectivity index (χ1v) is 11.8. The van der Waals surface area contributed by atoms with Crippen molar-refractivity contribution in [2.45, 2.75) is 51.8 Å². The van der Waals surface area contributed by atoms with Gasteiger partial charge in [-0.2, -0.15) is 0 Å². The molecule has 1 saturated heterocycles. The molecule has 4 N–H and O–H groups in total. The number of hydrogen-bond acceptors (Lipinski definition) is 4. The molecule has 3 aromatic rings. The van der Waals surface area contributed by atoms with Gasteiger partial charge >= 0.3 is 6.03 Å². The van der Waals surface area contributed by atoms with E-state index in [1.54, 1.807) is 0 Å². The number of fused-ring (bicyclic) bond motifs is 1. The highest BCUT2D eigenvalue weighted by Crippen LogP contribution is 2.41. The van der Waals surface area contributed by atoms with Gasteiger partial charge in [-0.3, -0.25) is 0 Å². The molecule has 2 aromatic carbocycles. The van der Waals surface area contributed by atoms with Crippen LogP contribution in [0.2, 0.25) is 0 Å². The number of carbonyl (C=O) groups is 1. The van der Waals surface area contributed by atoms with Crippen molar-refractivity contribution in [2.24, 2.45) is 5.92 Å². The van der Waals surface area contributed by atoms with E-state index in [4.69, 9.17) is 15.2 Å². The number of nitrogens with two attached hydrogens (primary N) is 1. The molecule has 33 heavy (non-hydrogen) atoms. The number of nitrogens with one attached hydrogen (secondary N) is 2. The van der Waals surface area contributed by atoms with Crippen molar-refractivity contribution >= 4 is 28.3 Å². The highest BCUT2D eigenvalue weighted by molar-refractivity contribution is 6.01. The van der Waals surface area contributed by atoms with Crippen molar-refractivity contribution in [1.82, 2.24) is 9.88 Å². The lowest BCUT2D eigenvalue weighted by Gasteiger charge is -2.14. The largest absolute Gasteiger partial charge is 0.488 e. The number of carbonyl (C=O) groups excluding carboxylic acids is 1. The van der Waals surface area contributed by atoms with Crippen LogP contribution in [-0.2, 0) is 11.3 Å². The molecule has 2 amide bonds. The number of benzene rings is 2. The third-order valence-corrected chi connectivity index (χ3v) is 6.24. The Morgan fingerprint density at radius 1 is 1.18 bits per heavy atom. The molecule has 0 radical (unpaired) electrons. The molecule has 1 aliphatic heterocycles. The number of ether oxygens (including phenoxy) is 2. The molecule has 7 nitrogen and oxygen atoms in total. The number of anilines is 2. The van der Waals surface area contributed by atoms with Crippen LogP contribution in [0, 0.1) is 5.92 Å². The van der Waals surface area contributed by atoms with Crippen LogP contribution in [0.5, 0.6) is 5.75 Å². The van der Waals surface area contributed by atoms with Gasteiger partial charge in [0.1, 0.15) is 11.9 Å². The minimum absolute atomic E-state index is 0.0808. The van der Waals surface area contributed by atoms with E-state index in [0.29, 0.717) is 12.5 Å². The van der Waals surface area contributed by atoms with E-state index >= 15 is 0 Å². The van der Waals surface area contributed by atoms with Gasteiger partial charge in [-0.25, -0.2) is 4.79 Å². The molecule has 1 saturated carbocycles. The van der Waals surface area contributed by atoms with Gasteiger partial charge in [0.25, 0.3) is 0 Å². The highest BCUT2D eigenvalue weighted by Gasteiger charge is 2.26. The summed E-state index contributed by atoms with van der Waals surface area (Å²) < 4.78 is 14.0. The lowest BCUT2D eigenvalue weighted by molar-refractivity contribution is 0.141. The Morgan fingerprint density at radius 2 is 1.97 bits per heavy atom. The average Bonchev–Trinajstić information content (AvgIpc) is 3.38. The van der Waals surface area contributed by atoms with Crippen LogP contribution in [0.25, 0.3) is 22.2 Å². The monoisotopic (exact) mass is 448 g/mol. The lowest BCUT2D eigenvalue weighted by Crippen LogP contribution is -2.34. The third kappa shape index (κ3) is 4.78. The summed E-state index contributed by atoms with van der Waals surface area (Å²) in [7, 11) is 0. The van der Waals surface area contributed by atoms with E-state index in [9.17, 15) is 4.79 Å². The van der Waals surface area contributed by atoms with Crippen LogP contribution < -0.4 is 21.1 Å². The smallest absolute Gasteiger partial charge is 0.319 e. The maximum atomic E-state index is 12.0. The first-order valence-electron chi connectivity index (χ1n) is 11.8. The molecule has 1 aliphatic carbocycles. The van der Waals surface area contributed by atoms with Crippen LogP contribution in [-0.4, -0.2) is 36.0 Å². The summed E-state index contributed by atoms with van der Waals surface area (Å²) in [6, 6.07) is 13.9. The molecule has 0 spiro atoms. The quantitative estimate of drug-likeness (QED) is 0.474. The third-order valence-electron chi connectivity index (χ3n) is 6.24. The average molecular weight is 449 g/mol. The summed E-state index contributed by atoms with van der Waals surface area (Å²) in [6.45, 7) is 6.20. The molecular weight excluding hydrogens is 416 g/mol. The van der Waals surface area contributed by atoms with Gasteiger partial charge in [-0.15, -0.1) is 0 Å². The number of nitrogens with zero attached hydrogens (tertiary/aromatic N) is 1. The zero-order chi connectivity index (χ0) is 22.9. The van der Waals surface area contributed by atoms with Gasteiger partial charge < -0.3 is 30.4 Å². The van der Waals surface area contributed by atoms with E-state index in [2.05, 4.69) is 27.3 Å². The highest BCUT2D eigenvalue weighted by atomic mass is 16.5. The standard InChI is InChI=1S/C26H32N4O3/c1-16(2)28-26(31)29-19-7-5-18(6-8-19)25-24(27)22-10-9-20(33-21-11-12-32-15-21)13-23(22)30(25)14-17-3-4-17/h5-10,13,16-17,21H,3-4,11-12,14-15,27H2,1-2H3,(H2,28,29,31). The van der Waals surface area contributed by atoms with Gasteiger partial charge in [-0.05, 0) is 56.9 Å². The van der Waals surface area contributed by atoms with Crippen molar-refractivity contribution in [3.63, 3.8) is 0 Å². The zero-order valence-electron chi connectivity index (χ0n) is 19.3. The van der Waals surface area contributed by atoms with E-state index in [1.807, 2.05) is 44.2 Å². The predicted molar refractivity (Wildman–Crippen MR) is 132 cm³/mol. The Bertz CT molecular complexity index is 1140. The van der Waals surface area contributed by atoms with Gasteiger partial charge in [0.2, 0.25) is 0 Å². The SMILES string of the molecule is CC(C)NC(=O)Nc1ccc(-c2c(N)c3ccc(OC4CCOC4)cc3n2CC2CC2)cc1. The van der Waals surface area contributed by atoms with Crippen molar-refractivity contribution in [2.75, 3.05) is 24.3 Å². The van der Waals surface area contributed by atoms with Crippen LogP contribution in [0.3, 0.4) is 0 Å². The Balaban J connectivity index is 1.47. The lowest BCUT2D eigenvalue weighted by atomic mass is 10.1. The summed E-state index contributed by atoms with van der Waals surface area (Å²) in [5.41, 5.74) is 11.4.